The molecule has 0 fully saturated rings. The van der Waals surface area contributed by atoms with Gasteiger partial charge < -0.3 is 15.2 Å². The van der Waals surface area contributed by atoms with Crippen LogP contribution in [0.5, 0.6) is 0 Å². The van der Waals surface area contributed by atoms with E-state index in [2.05, 4.69) is 79.9 Å². The van der Waals surface area contributed by atoms with Crippen LogP contribution in [0.3, 0.4) is 0 Å². The number of hydrogen-bond donors (Lipinski definition) is 2. The maximum atomic E-state index is 12.8. The Morgan fingerprint density at radius 2 is 0.875 bits per heavy atom. The van der Waals surface area contributed by atoms with Crippen molar-refractivity contribution in [2.75, 3.05) is 6.54 Å². The van der Waals surface area contributed by atoms with E-state index in [1.807, 2.05) is 0 Å². The number of allylic oxidation sites excluding steroid dienone is 10. The maximum Gasteiger partial charge on any atom is 0.322 e. The van der Waals surface area contributed by atoms with Gasteiger partial charge in [0.2, 0.25) is 5.91 Å². The molecule has 1 amide bonds. The number of carbonyl (C=O) groups is 3. The number of rotatable bonds is 42. The summed E-state index contributed by atoms with van der Waals surface area (Å²) >= 11 is 0. The zero-order chi connectivity index (χ0) is 40.8. The molecule has 0 aliphatic carbocycles. The zero-order valence-electron chi connectivity index (χ0n) is 36.5. The average Bonchev–Trinajstić information content (AvgIpc) is 3.18. The van der Waals surface area contributed by atoms with Crippen molar-refractivity contribution in [1.82, 2.24) is 5.32 Å². The van der Waals surface area contributed by atoms with Crippen molar-refractivity contribution in [3.05, 3.63) is 60.8 Å². The summed E-state index contributed by atoms with van der Waals surface area (Å²) in [6, 6.07) is 0. The molecule has 0 aromatic carbocycles. The Kier molecular flexibility index (Phi) is 42.5. The van der Waals surface area contributed by atoms with Crippen molar-refractivity contribution in [2.45, 2.75) is 232 Å². The van der Waals surface area contributed by atoms with Gasteiger partial charge in [-0.05, 0) is 103 Å². The number of amides is 1. The van der Waals surface area contributed by atoms with Crippen LogP contribution in [-0.4, -0.2) is 35.6 Å². The Morgan fingerprint density at radius 3 is 1.39 bits per heavy atom. The Hall–Kier alpha value is -2.89. The summed E-state index contributed by atoms with van der Waals surface area (Å²) in [6.45, 7) is 4.11. The van der Waals surface area contributed by atoms with Gasteiger partial charge in [-0.25, -0.2) is 0 Å². The minimum Gasteiger partial charge on any atom is -0.480 e. The zero-order valence-corrected chi connectivity index (χ0v) is 36.5. The van der Waals surface area contributed by atoms with Crippen LogP contribution in [0.1, 0.15) is 226 Å². The second-order valence-corrected chi connectivity index (χ2v) is 15.6. The van der Waals surface area contributed by atoms with Gasteiger partial charge in [0, 0.05) is 12.8 Å². The molecule has 0 radical (unpaired) electrons. The number of unbranched alkanes of at least 4 members (excludes halogenated alkanes) is 21. The van der Waals surface area contributed by atoms with Crippen LogP contribution in [0.4, 0.5) is 0 Å². The van der Waals surface area contributed by atoms with E-state index in [1.165, 1.54) is 96.3 Å². The Balaban J connectivity index is 4.21. The van der Waals surface area contributed by atoms with Gasteiger partial charge in [-0.1, -0.05) is 171 Å². The van der Waals surface area contributed by atoms with Crippen LogP contribution in [0.25, 0.3) is 0 Å². The first-order chi connectivity index (χ1) is 27.5. The lowest BCUT2D eigenvalue weighted by molar-refractivity contribution is -0.150. The molecule has 0 rings (SSSR count). The summed E-state index contributed by atoms with van der Waals surface area (Å²) in [5, 5.41) is 11.1. The predicted octanol–water partition coefficient (Wildman–Crippen LogP) is 14.8. The smallest absolute Gasteiger partial charge is 0.322 e. The number of esters is 1. The molecule has 6 heteroatoms. The van der Waals surface area contributed by atoms with Crippen LogP contribution in [0.2, 0.25) is 0 Å². The number of carbonyl (C=O) groups excluding carboxylic acids is 2. The average molecular weight is 782 g/mol. The van der Waals surface area contributed by atoms with Crippen molar-refractivity contribution in [1.29, 1.82) is 0 Å². The third-order valence-electron chi connectivity index (χ3n) is 10.2. The van der Waals surface area contributed by atoms with E-state index in [4.69, 9.17) is 9.84 Å². The fraction of sp³-hybridized carbons (Fsp3) is 0.740. The van der Waals surface area contributed by atoms with Gasteiger partial charge in [-0.3, -0.25) is 14.4 Å². The van der Waals surface area contributed by atoms with Gasteiger partial charge >= 0.3 is 11.9 Å². The number of hydrogen-bond acceptors (Lipinski definition) is 4. The number of aliphatic carboxylic acids is 1. The molecule has 0 aliphatic rings. The number of carboxylic acids is 1. The van der Waals surface area contributed by atoms with Crippen molar-refractivity contribution in [3.8, 4) is 0 Å². The third kappa shape index (κ3) is 43.8. The minimum absolute atomic E-state index is 0.0162. The molecule has 0 saturated carbocycles. The topological polar surface area (TPSA) is 92.7 Å². The standard InChI is InChI=1S/C50H87NO5/c1-3-5-7-9-11-13-15-17-19-20-21-22-24-26-28-30-32-37-41-45-50(55)56-47(43-39-35-33-36-40-44-48(52)51-46-49(53)54)42-38-34-31-29-27-25-23-18-16-14-12-10-8-6-4-2/h6,8,12,14,17-19,23,27,29,47H,3-5,7,9-11,13,15-16,20-22,24-26,28,30-46H2,1-2H3,(H,51,52)(H,53,54)/b8-6-,14-12-,19-17-,23-18-,29-27-. The summed E-state index contributed by atoms with van der Waals surface area (Å²) in [4.78, 5) is 35.1. The van der Waals surface area contributed by atoms with Crippen molar-refractivity contribution in [2.24, 2.45) is 0 Å². The molecule has 322 valence electrons. The predicted molar refractivity (Wildman–Crippen MR) is 240 cm³/mol. The first-order valence-corrected chi connectivity index (χ1v) is 23.4. The lowest BCUT2D eigenvalue weighted by atomic mass is 10.0. The number of ether oxygens (including phenoxy) is 1. The molecule has 0 aliphatic heterocycles. The Morgan fingerprint density at radius 1 is 0.482 bits per heavy atom. The van der Waals surface area contributed by atoms with Gasteiger partial charge in [0.05, 0.1) is 0 Å². The van der Waals surface area contributed by atoms with Gasteiger partial charge in [-0.15, -0.1) is 0 Å². The molecule has 6 nitrogen and oxygen atoms in total. The molecule has 1 unspecified atom stereocenters. The van der Waals surface area contributed by atoms with Crippen LogP contribution < -0.4 is 5.32 Å². The highest BCUT2D eigenvalue weighted by molar-refractivity contribution is 5.80. The van der Waals surface area contributed by atoms with Gasteiger partial charge in [0.1, 0.15) is 12.6 Å². The molecule has 0 aromatic rings. The van der Waals surface area contributed by atoms with E-state index in [0.717, 1.165) is 103 Å². The van der Waals surface area contributed by atoms with Gasteiger partial charge in [0.15, 0.2) is 0 Å². The van der Waals surface area contributed by atoms with E-state index in [0.29, 0.717) is 12.8 Å². The fourth-order valence-corrected chi connectivity index (χ4v) is 6.74. The minimum atomic E-state index is -1.02. The molecule has 0 spiro atoms. The summed E-state index contributed by atoms with van der Waals surface area (Å²) in [5.41, 5.74) is 0. The molecule has 2 N–H and O–H groups in total. The van der Waals surface area contributed by atoms with E-state index in [-0.39, 0.29) is 24.5 Å². The van der Waals surface area contributed by atoms with Crippen LogP contribution in [-0.2, 0) is 19.1 Å². The van der Waals surface area contributed by atoms with Crippen molar-refractivity contribution < 1.29 is 24.2 Å². The van der Waals surface area contributed by atoms with Crippen molar-refractivity contribution in [3.63, 3.8) is 0 Å². The quantitative estimate of drug-likeness (QED) is 0.0365. The molecule has 0 aromatic heterocycles. The van der Waals surface area contributed by atoms with E-state index in [9.17, 15) is 14.4 Å². The SMILES string of the molecule is CC/C=C\C/C=C\C/C=C\C/C=C\CCCCC(CCCCCCCC(=O)NCC(=O)O)OC(=O)CCCCCCCCCCC/C=C\CCCCCCCC. The second kappa shape index (κ2) is 44.8. The highest BCUT2D eigenvalue weighted by Gasteiger charge is 2.14. The lowest BCUT2D eigenvalue weighted by Gasteiger charge is -2.18. The normalized spacial score (nSPS) is 12.6. The van der Waals surface area contributed by atoms with Gasteiger partial charge in [-0.2, -0.15) is 0 Å². The maximum absolute atomic E-state index is 12.8. The molecule has 56 heavy (non-hydrogen) atoms. The third-order valence-corrected chi connectivity index (χ3v) is 10.2. The highest BCUT2D eigenvalue weighted by Crippen LogP contribution is 2.18. The van der Waals surface area contributed by atoms with Crippen LogP contribution in [0.15, 0.2) is 60.8 Å². The van der Waals surface area contributed by atoms with Crippen molar-refractivity contribution >= 4 is 17.8 Å². The number of nitrogens with one attached hydrogen (secondary N) is 1. The summed E-state index contributed by atoms with van der Waals surface area (Å²) in [6.07, 6.45) is 59.2. The first kappa shape index (κ1) is 53.1. The van der Waals surface area contributed by atoms with Gasteiger partial charge in [0.25, 0.3) is 0 Å². The molecular formula is C50H87NO5. The Labute approximate surface area is 345 Å². The molecule has 1 atom stereocenters. The van der Waals surface area contributed by atoms with Crippen LogP contribution in [0, 0.1) is 0 Å². The lowest BCUT2D eigenvalue weighted by Crippen LogP contribution is -2.28. The van der Waals surface area contributed by atoms with E-state index in [1.54, 1.807) is 0 Å². The van der Waals surface area contributed by atoms with E-state index >= 15 is 0 Å². The highest BCUT2D eigenvalue weighted by atomic mass is 16.5. The Bertz CT molecular complexity index is 1040. The van der Waals surface area contributed by atoms with E-state index < -0.39 is 5.97 Å². The molecule has 0 bridgehead atoms. The molecule has 0 saturated heterocycles. The molecule has 0 heterocycles. The largest absolute Gasteiger partial charge is 0.480 e. The summed E-state index contributed by atoms with van der Waals surface area (Å²) in [7, 11) is 0. The fourth-order valence-electron chi connectivity index (χ4n) is 6.74. The molecular weight excluding hydrogens is 695 g/mol. The first-order valence-electron chi connectivity index (χ1n) is 23.4. The monoisotopic (exact) mass is 782 g/mol. The second-order valence-electron chi connectivity index (χ2n) is 15.6. The van der Waals surface area contributed by atoms with Crippen LogP contribution >= 0.6 is 0 Å². The summed E-state index contributed by atoms with van der Waals surface area (Å²) < 4.78 is 6.03. The summed E-state index contributed by atoms with van der Waals surface area (Å²) in [5.74, 6) is -1.26. The number of carboxylic acid groups (broad SMARTS) is 1.